The van der Waals surface area contributed by atoms with E-state index in [-0.39, 0.29) is 0 Å². The van der Waals surface area contributed by atoms with E-state index in [9.17, 15) is 9.59 Å². The summed E-state index contributed by atoms with van der Waals surface area (Å²) in [7, 11) is 0. The maximum atomic E-state index is 11.6. The van der Waals surface area contributed by atoms with Crippen molar-refractivity contribution < 1.29 is 14.7 Å². The summed E-state index contributed by atoms with van der Waals surface area (Å²) < 4.78 is 0.837. The molecule has 2 amide bonds. The fourth-order valence-corrected chi connectivity index (χ4v) is 1.84. The Kier molecular flexibility index (Phi) is 5.64. The first-order valence-corrected chi connectivity index (χ1v) is 6.38. The molecule has 1 rings (SSSR count). The number of urea groups is 1. The van der Waals surface area contributed by atoms with Gasteiger partial charge in [-0.15, -0.1) is 0 Å². The molecular weight excluding hydrogens is 300 g/mol. The van der Waals surface area contributed by atoms with Gasteiger partial charge in [-0.2, -0.15) is 0 Å². The molecule has 1 aromatic carbocycles. The topological polar surface area (TPSA) is 78.4 Å². The Morgan fingerprint density at radius 1 is 1.44 bits per heavy atom. The number of halogens is 1. The third-order valence-corrected chi connectivity index (χ3v) is 2.76. The Balaban J connectivity index is 2.57. The number of carboxylic acid groups (broad SMARTS) is 1. The molecule has 1 unspecified atom stereocenters. The monoisotopic (exact) mass is 314 g/mol. The summed E-state index contributed by atoms with van der Waals surface area (Å²) in [5, 5.41) is 13.9. The van der Waals surface area contributed by atoms with E-state index < -0.39 is 18.0 Å². The molecule has 1 aromatic rings. The summed E-state index contributed by atoms with van der Waals surface area (Å²) in [4.78, 5) is 22.5. The number of anilines is 1. The van der Waals surface area contributed by atoms with Crippen molar-refractivity contribution in [1.29, 1.82) is 0 Å². The van der Waals surface area contributed by atoms with Crippen LogP contribution in [0.5, 0.6) is 0 Å². The highest BCUT2D eigenvalue weighted by Gasteiger charge is 2.18. The number of rotatable bonds is 5. The lowest BCUT2D eigenvalue weighted by Crippen LogP contribution is -2.42. The highest BCUT2D eigenvalue weighted by Crippen LogP contribution is 2.15. The van der Waals surface area contributed by atoms with Crippen LogP contribution in [-0.4, -0.2) is 23.1 Å². The number of hydrogen-bond acceptors (Lipinski definition) is 2. The van der Waals surface area contributed by atoms with Gasteiger partial charge in [0.05, 0.1) is 0 Å². The van der Waals surface area contributed by atoms with Gasteiger partial charge in [-0.05, 0) is 24.6 Å². The van der Waals surface area contributed by atoms with E-state index in [2.05, 4.69) is 26.6 Å². The van der Waals surface area contributed by atoms with Gasteiger partial charge >= 0.3 is 12.0 Å². The molecule has 0 radical (unpaired) electrons. The van der Waals surface area contributed by atoms with Crippen molar-refractivity contribution >= 4 is 33.6 Å². The molecule has 6 heteroatoms. The first-order chi connectivity index (χ1) is 8.52. The molecule has 0 aliphatic heterocycles. The SMILES string of the molecule is CCCC(NC(=O)Nc1cccc(Br)c1)C(=O)O. The Bertz CT molecular complexity index is 437. The molecule has 0 fully saturated rings. The van der Waals surface area contributed by atoms with Crippen molar-refractivity contribution in [3.05, 3.63) is 28.7 Å². The Morgan fingerprint density at radius 3 is 2.72 bits per heavy atom. The average molecular weight is 315 g/mol. The fourth-order valence-electron chi connectivity index (χ4n) is 1.44. The summed E-state index contributed by atoms with van der Waals surface area (Å²) in [6, 6.07) is 5.69. The minimum Gasteiger partial charge on any atom is -0.480 e. The van der Waals surface area contributed by atoms with E-state index in [1.807, 2.05) is 13.0 Å². The van der Waals surface area contributed by atoms with E-state index in [0.29, 0.717) is 18.5 Å². The second kappa shape index (κ2) is 7.00. The predicted molar refractivity (Wildman–Crippen MR) is 72.6 cm³/mol. The summed E-state index contributed by atoms with van der Waals surface area (Å²) in [5.74, 6) is -1.03. The highest BCUT2D eigenvalue weighted by molar-refractivity contribution is 9.10. The first-order valence-electron chi connectivity index (χ1n) is 5.58. The van der Waals surface area contributed by atoms with Crippen LogP contribution >= 0.6 is 15.9 Å². The third kappa shape index (κ3) is 4.75. The van der Waals surface area contributed by atoms with E-state index in [1.54, 1.807) is 18.2 Å². The molecule has 18 heavy (non-hydrogen) atoms. The molecule has 98 valence electrons. The summed E-state index contributed by atoms with van der Waals surface area (Å²) >= 11 is 3.29. The first kappa shape index (κ1) is 14.5. The number of nitrogens with one attached hydrogen (secondary N) is 2. The van der Waals surface area contributed by atoms with Crippen molar-refractivity contribution in [1.82, 2.24) is 5.32 Å². The molecule has 0 aromatic heterocycles. The predicted octanol–water partition coefficient (Wildman–Crippen LogP) is 2.82. The van der Waals surface area contributed by atoms with Crippen LogP contribution in [0.2, 0.25) is 0 Å². The van der Waals surface area contributed by atoms with Gasteiger partial charge in [-0.3, -0.25) is 0 Å². The molecule has 0 aliphatic carbocycles. The molecular formula is C12H15BrN2O3. The van der Waals surface area contributed by atoms with Crippen LogP contribution in [0, 0.1) is 0 Å². The molecule has 0 saturated heterocycles. The minimum absolute atomic E-state index is 0.404. The second-order valence-electron chi connectivity index (χ2n) is 3.79. The van der Waals surface area contributed by atoms with Crippen LogP contribution in [0.1, 0.15) is 19.8 Å². The Hall–Kier alpha value is -1.56. The van der Waals surface area contributed by atoms with Crippen LogP contribution in [0.15, 0.2) is 28.7 Å². The van der Waals surface area contributed by atoms with Crippen LogP contribution in [0.3, 0.4) is 0 Å². The van der Waals surface area contributed by atoms with E-state index >= 15 is 0 Å². The molecule has 1 atom stereocenters. The maximum Gasteiger partial charge on any atom is 0.326 e. The van der Waals surface area contributed by atoms with Gasteiger partial charge in [0.2, 0.25) is 0 Å². The van der Waals surface area contributed by atoms with Crippen molar-refractivity contribution in [3.8, 4) is 0 Å². The molecule has 3 N–H and O–H groups in total. The van der Waals surface area contributed by atoms with Crippen LogP contribution < -0.4 is 10.6 Å². The summed E-state index contributed by atoms with van der Waals surface area (Å²) in [6.45, 7) is 1.86. The molecule has 0 bridgehead atoms. The standard InChI is InChI=1S/C12H15BrN2O3/c1-2-4-10(11(16)17)15-12(18)14-9-6-3-5-8(13)7-9/h3,5-7,10H,2,4H2,1H3,(H,16,17)(H2,14,15,18). The average Bonchev–Trinajstić information content (AvgIpc) is 2.28. The third-order valence-electron chi connectivity index (χ3n) is 2.26. The Morgan fingerprint density at radius 2 is 2.17 bits per heavy atom. The van der Waals surface area contributed by atoms with Gasteiger partial charge in [-0.1, -0.05) is 35.3 Å². The van der Waals surface area contributed by atoms with Gasteiger partial charge in [0.15, 0.2) is 0 Å². The highest BCUT2D eigenvalue weighted by atomic mass is 79.9. The number of amides is 2. The smallest absolute Gasteiger partial charge is 0.326 e. The van der Waals surface area contributed by atoms with Crippen molar-refractivity contribution in [2.45, 2.75) is 25.8 Å². The normalized spacial score (nSPS) is 11.7. The number of benzene rings is 1. The fraction of sp³-hybridized carbons (Fsp3) is 0.333. The van der Waals surface area contributed by atoms with Crippen LogP contribution in [-0.2, 0) is 4.79 Å². The minimum atomic E-state index is -1.03. The number of carbonyl (C=O) groups excluding carboxylic acids is 1. The number of carboxylic acids is 1. The van der Waals surface area contributed by atoms with E-state index in [1.165, 1.54) is 0 Å². The zero-order valence-corrected chi connectivity index (χ0v) is 11.5. The van der Waals surface area contributed by atoms with Crippen LogP contribution in [0.4, 0.5) is 10.5 Å². The molecule has 0 aliphatic rings. The van der Waals surface area contributed by atoms with Crippen LogP contribution in [0.25, 0.3) is 0 Å². The van der Waals surface area contributed by atoms with Gasteiger partial charge < -0.3 is 15.7 Å². The lowest BCUT2D eigenvalue weighted by molar-refractivity contribution is -0.139. The van der Waals surface area contributed by atoms with Gasteiger partial charge in [0, 0.05) is 10.2 Å². The van der Waals surface area contributed by atoms with Crippen molar-refractivity contribution in [2.75, 3.05) is 5.32 Å². The molecule has 0 heterocycles. The zero-order valence-electron chi connectivity index (χ0n) is 9.94. The largest absolute Gasteiger partial charge is 0.480 e. The summed E-state index contributed by atoms with van der Waals surface area (Å²) in [5.41, 5.74) is 0.600. The van der Waals surface area contributed by atoms with Gasteiger partial charge in [0.1, 0.15) is 6.04 Å². The van der Waals surface area contributed by atoms with E-state index in [0.717, 1.165) is 4.47 Å². The summed E-state index contributed by atoms with van der Waals surface area (Å²) in [6.07, 6.45) is 1.09. The second-order valence-corrected chi connectivity index (χ2v) is 4.70. The lowest BCUT2D eigenvalue weighted by atomic mass is 10.2. The zero-order chi connectivity index (χ0) is 13.5. The molecule has 0 saturated carbocycles. The van der Waals surface area contributed by atoms with Gasteiger partial charge in [-0.25, -0.2) is 9.59 Å². The van der Waals surface area contributed by atoms with Crippen molar-refractivity contribution in [3.63, 3.8) is 0 Å². The molecule has 0 spiro atoms. The number of carbonyl (C=O) groups is 2. The molecule has 5 nitrogen and oxygen atoms in total. The number of hydrogen-bond donors (Lipinski definition) is 3. The maximum absolute atomic E-state index is 11.6. The number of aliphatic carboxylic acids is 1. The van der Waals surface area contributed by atoms with Gasteiger partial charge in [0.25, 0.3) is 0 Å². The van der Waals surface area contributed by atoms with Crippen molar-refractivity contribution in [2.24, 2.45) is 0 Å². The Labute approximate surface area is 114 Å². The van der Waals surface area contributed by atoms with E-state index in [4.69, 9.17) is 5.11 Å². The quantitative estimate of drug-likeness (QED) is 0.782. The lowest BCUT2D eigenvalue weighted by Gasteiger charge is -2.14.